The highest BCUT2D eigenvalue weighted by Gasteiger charge is 2.10. The maximum atomic E-state index is 11.8. The zero-order valence-corrected chi connectivity index (χ0v) is 11.8. The van der Waals surface area contributed by atoms with E-state index in [0.29, 0.717) is 10.2 Å². The molecule has 0 heterocycles. The second kappa shape index (κ2) is 7.91. The SMILES string of the molecule is O=C(CCOCC(F)F)Nc1ccc(C(=O)O)cc1Br. The van der Waals surface area contributed by atoms with E-state index in [1.807, 2.05) is 0 Å². The summed E-state index contributed by atoms with van der Waals surface area (Å²) in [7, 11) is 0. The van der Waals surface area contributed by atoms with Crippen LogP contribution in [0, 0.1) is 0 Å². The molecule has 0 saturated carbocycles. The van der Waals surface area contributed by atoms with E-state index in [4.69, 9.17) is 5.11 Å². The smallest absolute Gasteiger partial charge is 0.335 e. The van der Waals surface area contributed by atoms with Crippen LogP contribution in [0.25, 0.3) is 0 Å². The van der Waals surface area contributed by atoms with Crippen LogP contribution in [-0.2, 0) is 9.53 Å². The van der Waals surface area contributed by atoms with Crippen molar-refractivity contribution in [3.05, 3.63) is 28.2 Å². The Labute approximate surface area is 122 Å². The summed E-state index contributed by atoms with van der Waals surface area (Å²) in [5.74, 6) is -1.49. The fraction of sp³-hybridized carbons (Fsp3) is 0.333. The van der Waals surface area contributed by atoms with Crippen LogP contribution in [0.5, 0.6) is 0 Å². The zero-order chi connectivity index (χ0) is 15.1. The van der Waals surface area contributed by atoms with Gasteiger partial charge in [-0.2, -0.15) is 0 Å². The molecule has 2 N–H and O–H groups in total. The van der Waals surface area contributed by atoms with E-state index >= 15 is 0 Å². The Kier molecular flexibility index (Phi) is 6.53. The third-order valence-corrected chi connectivity index (χ3v) is 2.86. The number of alkyl halides is 2. The number of hydrogen-bond donors (Lipinski definition) is 2. The highest BCUT2D eigenvalue weighted by molar-refractivity contribution is 9.10. The van der Waals surface area contributed by atoms with Crippen molar-refractivity contribution in [2.24, 2.45) is 0 Å². The Bertz CT molecular complexity index is 496. The Balaban J connectivity index is 2.48. The first-order chi connectivity index (χ1) is 9.40. The fourth-order valence-corrected chi connectivity index (χ4v) is 1.78. The van der Waals surface area contributed by atoms with Crippen LogP contribution in [0.4, 0.5) is 14.5 Å². The van der Waals surface area contributed by atoms with Crippen molar-refractivity contribution in [2.45, 2.75) is 12.8 Å². The fourth-order valence-electron chi connectivity index (χ4n) is 1.30. The van der Waals surface area contributed by atoms with Crippen LogP contribution in [0.2, 0.25) is 0 Å². The number of nitrogens with one attached hydrogen (secondary N) is 1. The molecule has 0 spiro atoms. The number of carboxylic acids is 1. The monoisotopic (exact) mass is 351 g/mol. The number of carboxylic acid groups (broad SMARTS) is 1. The minimum absolute atomic E-state index is 0.0696. The number of rotatable bonds is 7. The summed E-state index contributed by atoms with van der Waals surface area (Å²) in [4.78, 5) is 22.2. The molecule has 0 unspecified atom stereocenters. The molecule has 0 bridgehead atoms. The Morgan fingerprint density at radius 3 is 2.65 bits per heavy atom. The molecular weight excluding hydrogens is 340 g/mol. The summed E-state index contributed by atoms with van der Waals surface area (Å²) in [6, 6.07) is 4.13. The lowest BCUT2D eigenvalue weighted by Crippen LogP contribution is -2.16. The summed E-state index contributed by atoms with van der Waals surface area (Å²) in [6.07, 6.45) is -2.63. The van der Waals surface area contributed by atoms with Gasteiger partial charge in [0.25, 0.3) is 6.43 Å². The molecule has 1 aromatic rings. The molecule has 0 saturated heterocycles. The molecule has 0 radical (unpaired) electrons. The van der Waals surface area contributed by atoms with Gasteiger partial charge in [0.2, 0.25) is 5.91 Å². The number of benzene rings is 1. The molecule has 0 aliphatic heterocycles. The Hall–Kier alpha value is -1.54. The van der Waals surface area contributed by atoms with Gasteiger partial charge < -0.3 is 15.2 Å². The van der Waals surface area contributed by atoms with Crippen molar-refractivity contribution in [3.63, 3.8) is 0 Å². The molecule has 8 heteroatoms. The molecule has 1 rings (SSSR count). The van der Waals surface area contributed by atoms with Crippen molar-refractivity contribution < 1.29 is 28.2 Å². The van der Waals surface area contributed by atoms with Crippen molar-refractivity contribution in [1.29, 1.82) is 0 Å². The standard InChI is InChI=1S/C12H12BrF2NO4/c13-8-5-7(12(18)19)1-2-9(8)16-11(17)3-4-20-6-10(14)15/h1-2,5,10H,3-4,6H2,(H,16,17)(H,18,19). The summed E-state index contributed by atoms with van der Waals surface area (Å²) < 4.78 is 28.6. The molecule has 0 aromatic heterocycles. The highest BCUT2D eigenvalue weighted by Crippen LogP contribution is 2.23. The first kappa shape index (κ1) is 16.5. The van der Waals surface area contributed by atoms with Gasteiger partial charge in [-0.3, -0.25) is 4.79 Å². The van der Waals surface area contributed by atoms with E-state index in [2.05, 4.69) is 26.0 Å². The molecule has 1 amide bonds. The van der Waals surface area contributed by atoms with Gasteiger partial charge in [-0.05, 0) is 34.1 Å². The zero-order valence-electron chi connectivity index (χ0n) is 10.2. The number of carbonyl (C=O) groups excluding carboxylic acids is 1. The molecule has 0 atom stereocenters. The number of hydrogen-bond acceptors (Lipinski definition) is 3. The average Bonchev–Trinajstić information content (AvgIpc) is 2.36. The van der Waals surface area contributed by atoms with Crippen molar-refractivity contribution >= 4 is 33.5 Å². The van der Waals surface area contributed by atoms with E-state index in [0.717, 1.165) is 0 Å². The van der Waals surface area contributed by atoms with Gasteiger partial charge >= 0.3 is 5.97 Å². The first-order valence-electron chi connectivity index (χ1n) is 5.58. The van der Waals surface area contributed by atoms with Crippen LogP contribution in [0.15, 0.2) is 22.7 Å². The van der Waals surface area contributed by atoms with Gasteiger partial charge in [-0.25, -0.2) is 13.6 Å². The van der Waals surface area contributed by atoms with E-state index in [1.165, 1.54) is 18.2 Å². The predicted molar refractivity (Wildman–Crippen MR) is 71.2 cm³/mol. The molecule has 0 aliphatic rings. The minimum atomic E-state index is -2.56. The molecule has 110 valence electrons. The van der Waals surface area contributed by atoms with Crippen LogP contribution in [-0.4, -0.2) is 36.6 Å². The van der Waals surface area contributed by atoms with Crippen molar-refractivity contribution in [3.8, 4) is 0 Å². The number of ether oxygens (including phenoxy) is 1. The third kappa shape index (κ3) is 5.62. The number of halogens is 3. The second-order valence-corrected chi connectivity index (χ2v) is 4.62. The average molecular weight is 352 g/mol. The van der Waals surface area contributed by atoms with Crippen LogP contribution in [0.1, 0.15) is 16.8 Å². The van der Waals surface area contributed by atoms with Crippen LogP contribution < -0.4 is 5.32 Å². The molecule has 20 heavy (non-hydrogen) atoms. The molecular formula is C12H12BrF2NO4. The number of carbonyl (C=O) groups is 2. The summed E-state index contributed by atoms with van der Waals surface area (Å²) >= 11 is 3.14. The van der Waals surface area contributed by atoms with Crippen molar-refractivity contribution in [2.75, 3.05) is 18.5 Å². The first-order valence-corrected chi connectivity index (χ1v) is 6.38. The maximum Gasteiger partial charge on any atom is 0.335 e. The predicted octanol–water partition coefficient (Wildman–Crippen LogP) is 2.76. The summed E-state index contributed by atoms with van der Waals surface area (Å²) in [6.45, 7) is -0.814. The maximum absolute atomic E-state index is 11.8. The lowest BCUT2D eigenvalue weighted by Gasteiger charge is -2.08. The molecule has 5 nitrogen and oxygen atoms in total. The number of aromatic carboxylic acids is 1. The van der Waals surface area contributed by atoms with Gasteiger partial charge in [0.1, 0.15) is 6.61 Å². The lowest BCUT2D eigenvalue weighted by molar-refractivity contribution is -0.117. The molecule has 0 aliphatic carbocycles. The molecule has 0 fully saturated rings. The van der Waals surface area contributed by atoms with Crippen LogP contribution in [0.3, 0.4) is 0 Å². The van der Waals surface area contributed by atoms with Crippen molar-refractivity contribution in [1.82, 2.24) is 0 Å². The van der Waals surface area contributed by atoms with Gasteiger partial charge in [0, 0.05) is 4.47 Å². The second-order valence-electron chi connectivity index (χ2n) is 3.76. The lowest BCUT2D eigenvalue weighted by atomic mass is 10.2. The number of anilines is 1. The molecule has 1 aromatic carbocycles. The topological polar surface area (TPSA) is 75.6 Å². The summed E-state index contributed by atoms with van der Waals surface area (Å²) in [5.41, 5.74) is 0.476. The normalized spacial score (nSPS) is 10.6. The largest absolute Gasteiger partial charge is 0.478 e. The highest BCUT2D eigenvalue weighted by atomic mass is 79.9. The Morgan fingerprint density at radius 2 is 2.10 bits per heavy atom. The van der Waals surface area contributed by atoms with E-state index in [9.17, 15) is 18.4 Å². The van der Waals surface area contributed by atoms with Gasteiger partial charge in [0.15, 0.2) is 0 Å². The minimum Gasteiger partial charge on any atom is -0.478 e. The van der Waals surface area contributed by atoms with E-state index in [1.54, 1.807) is 0 Å². The number of amides is 1. The summed E-state index contributed by atoms with van der Waals surface area (Å²) in [5, 5.41) is 11.3. The van der Waals surface area contributed by atoms with E-state index in [-0.39, 0.29) is 18.6 Å². The quantitative estimate of drug-likeness (QED) is 0.740. The third-order valence-electron chi connectivity index (χ3n) is 2.21. The Morgan fingerprint density at radius 1 is 1.40 bits per heavy atom. The van der Waals surface area contributed by atoms with Gasteiger partial charge in [0.05, 0.1) is 24.3 Å². The van der Waals surface area contributed by atoms with Gasteiger partial charge in [-0.15, -0.1) is 0 Å². The van der Waals surface area contributed by atoms with E-state index < -0.39 is 24.9 Å². The van der Waals surface area contributed by atoms with Gasteiger partial charge in [-0.1, -0.05) is 0 Å². The van der Waals surface area contributed by atoms with Crippen LogP contribution >= 0.6 is 15.9 Å².